The SMILES string of the molecule is CCOc1ccc2[nH]c3c(c2c1)CN(Cc1cnc(SC)n1CC)CC3. The van der Waals surface area contributed by atoms with Gasteiger partial charge in [-0.2, -0.15) is 0 Å². The summed E-state index contributed by atoms with van der Waals surface area (Å²) in [6.45, 7) is 8.86. The van der Waals surface area contributed by atoms with Gasteiger partial charge in [-0.3, -0.25) is 4.90 Å². The molecule has 0 unspecified atom stereocenters. The van der Waals surface area contributed by atoms with Crippen LogP contribution in [0.25, 0.3) is 10.9 Å². The number of hydrogen-bond donors (Lipinski definition) is 1. The summed E-state index contributed by atoms with van der Waals surface area (Å²) in [6, 6.07) is 6.37. The van der Waals surface area contributed by atoms with Gasteiger partial charge in [0.1, 0.15) is 5.75 Å². The lowest BCUT2D eigenvalue weighted by molar-refractivity contribution is 0.239. The number of imidazole rings is 1. The zero-order chi connectivity index (χ0) is 18.1. The highest BCUT2D eigenvalue weighted by Crippen LogP contribution is 2.31. The van der Waals surface area contributed by atoms with E-state index in [2.05, 4.69) is 50.8 Å². The van der Waals surface area contributed by atoms with Crippen molar-refractivity contribution in [1.29, 1.82) is 0 Å². The Morgan fingerprint density at radius 1 is 1.31 bits per heavy atom. The highest BCUT2D eigenvalue weighted by Gasteiger charge is 2.22. The largest absolute Gasteiger partial charge is 0.494 e. The van der Waals surface area contributed by atoms with Crippen molar-refractivity contribution < 1.29 is 4.74 Å². The average molecular weight is 371 g/mol. The van der Waals surface area contributed by atoms with Crippen molar-refractivity contribution in [3.63, 3.8) is 0 Å². The second-order valence-electron chi connectivity index (χ2n) is 6.66. The Kier molecular flexibility index (Phi) is 4.96. The van der Waals surface area contributed by atoms with Crippen LogP contribution in [0.15, 0.2) is 29.6 Å². The Morgan fingerprint density at radius 3 is 2.96 bits per heavy atom. The maximum atomic E-state index is 5.70. The number of nitrogens with zero attached hydrogens (tertiary/aromatic N) is 3. The molecule has 1 aliphatic heterocycles. The number of thioether (sulfide) groups is 1. The first-order valence-electron chi connectivity index (χ1n) is 9.30. The highest BCUT2D eigenvalue weighted by atomic mass is 32.2. The highest BCUT2D eigenvalue weighted by molar-refractivity contribution is 7.98. The molecular formula is C20H26N4OS. The zero-order valence-electron chi connectivity index (χ0n) is 15.7. The fourth-order valence-electron chi connectivity index (χ4n) is 3.89. The van der Waals surface area contributed by atoms with Gasteiger partial charge < -0.3 is 14.3 Å². The summed E-state index contributed by atoms with van der Waals surface area (Å²) < 4.78 is 8.02. The van der Waals surface area contributed by atoms with Crippen molar-refractivity contribution in [2.24, 2.45) is 0 Å². The van der Waals surface area contributed by atoms with Gasteiger partial charge in [0.25, 0.3) is 0 Å². The summed E-state index contributed by atoms with van der Waals surface area (Å²) in [5, 5.41) is 2.40. The Balaban J connectivity index is 1.60. The molecule has 0 spiro atoms. The van der Waals surface area contributed by atoms with E-state index in [-0.39, 0.29) is 0 Å². The van der Waals surface area contributed by atoms with Crippen LogP contribution in [0, 0.1) is 0 Å². The van der Waals surface area contributed by atoms with Gasteiger partial charge >= 0.3 is 0 Å². The molecule has 0 aliphatic carbocycles. The molecule has 0 saturated carbocycles. The number of H-pyrrole nitrogens is 1. The Hall–Kier alpha value is -1.92. The van der Waals surface area contributed by atoms with Crippen LogP contribution < -0.4 is 4.74 Å². The molecule has 6 heteroatoms. The fraction of sp³-hybridized carbons (Fsp3) is 0.450. The molecule has 4 rings (SSSR count). The molecule has 1 aromatic carbocycles. The molecule has 0 radical (unpaired) electrons. The number of hydrogen-bond acceptors (Lipinski definition) is 4. The Morgan fingerprint density at radius 2 is 2.19 bits per heavy atom. The molecular weight excluding hydrogens is 344 g/mol. The van der Waals surface area contributed by atoms with E-state index in [1.807, 2.05) is 13.1 Å². The van der Waals surface area contributed by atoms with E-state index in [1.165, 1.54) is 27.9 Å². The fourth-order valence-corrected chi connectivity index (χ4v) is 4.51. The average Bonchev–Trinajstić information content (AvgIpc) is 3.22. The van der Waals surface area contributed by atoms with Crippen molar-refractivity contribution in [3.8, 4) is 5.75 Å². The summed E-state index contributed by atoms with van der Waals surface area (Å²) in [6.07, 6.45) is 5.18. The van der Waals surface area contributed by atoms with E-state index in [0.717, 1.165) is 43.5 Å². The minimum Gasteiger partial charge on any atom is -0.494 e. The van der Waals surface area contributed by atoms with Gasteiger partial charge in [-0.25, -0.2) is 4.98 Å². The lowest BCUT2D eigenvalue weighted by Gasteiger charge is -2.27. The number of fused-ring (bicyclic) bond motifs is 3. The smallest absolute Gasteiger partial charge is 0.167 e. The molecule has 0 atom stereocenters. The van der Waals surface area contributed by atoms with Crippen LogP contribution in [0.5, 0.6) is 5.75 Å². The second kappa shape index (κ2) is 7.37. The predicted molar refractivity (Wildman–Crippen MR) is 107 cm³/mol. The third kappa shape index (κ3) is 3.12. The molecule has 0 bridgehead atoms. The number of ether oxygens (including phenoxy) is 1. The van der Waals surface area contributed by atoms with Crippen molar-refractivity contribution in [3.05, 3.63) is 41.3 Å². The minimum absolute atomic E-state index is 0.697. The van der Waals surface area contributed by atoms with Gasteiger partial charge in [0.15, 0.2) is 5.16 Å². The van der Waals surface area contributed by atoms with E-state index in [1.54, 1.807) is 11.8 Å². The lowest BCUT2D eigenvalue weighted by atomic mass is 10.0. The van der Waals surface area contributed by atoms with Gasteiger partial charge in [-0.05, 0) is 43.9 Å². The molecule has 26 heavy (non-hydrogen) atoms. The summed E-state index contributed by atoms with van der Waals surface area (Å²) in [4.78, 5) is 10.7. The van der Waals surface area contributed by atoms with E-state index in [4.69, 9.17) is 4.74 Å². The van der Waals surface area contributed by atoms with Crippen LogP contribution >= 0.6 is 11.8 Å². The maximum absolute atomic E-state index is 5.70. The molecule has 1 aliphatic rings. The maximum Gasteiger partial charge on any atom is 0.167 e. The molecule has 138 valence electrons. The number of aromatic amines is 1. The third-order valence-corrected chi connectivity index (χ3v) is 5.81. The number of benzene rings is 1. The van der Waals surface area contributed by atoms with E-state index in [9.17, 15) is 0 Å². The van der Waals surface area contributed by atoms with Crippen LogP contribution in [0.4, 0.5) is 0 Å². The van der Waals surface area contributed by atoms with Crippen molar-refractivity contribution in [1.82, 2.24) is 19.4 Å². The first-order valence-corrected chi connectivity index (χ1v) is 10.5. The first-order chi connectivity index (χ1) is 12.7. The van der Waals surface area contributed by atoms with Crippen molar-refractivity contribution in [2.45, 2.75) is 45.1 Å². The van der Waals surface area contributed by atoms with Crippen LogP contribution in [0.1, 0.15) is 30.8 Å². The summed E-state index contributed by atoms with van der Waals surface area (Å²) in [5.74, 6) is 0.951. The zero-order valence-corrected chi connectivity index (χ0v) is 16.5. The predicted octanol–water partition coefficient (Wildman–Crippen LogP) is 4.06. The van der Waals surface area contributed by atoms with E-state index >= 15 is 0 Å². The van der Waals surface area contributed by atoms with Gasteiger partial charge in [0.05, 0.1) is 18.5 Å². The second-order valence-corrected chi connectivity index (χ2v) is 7.44. The summed E-state index contributed by atoms with van der Waals surface area (Å²) in [7, 11) is 0. The van der Waals surface area contributed by atoms with Crippen molar-refractivity contribution in [2.75, 3.05) is 19.4 Å². The Bertz CT molecular complexity index is 914. The minimum atomic E-state index is 0.697. The summed E-state index contributed by atoms with van der Waals surface area (Å²) in [5.41, 5.74) is 5.30. The standard InChI is InChI=1S/C20H26N4OS/c1-4-24-14(11-21-20(24)26-3)12-23-9-8-19-17(13-23)16-10-15(25-5-2)6-7-18(16)22-19/h6-7,10-11,22H,4-5,8-9,12-13H2,1-3H3. The van der Waals surface area contributed by atoms with Crippen LogP contribution in [0.2, 0.25) is 0 Å². The third-order valence-electron chi connectivity index (χ3n) is 5.12. The van der Waals surface area contributed by atoms with Gasteiger partial charge in [0.2, 0.25) is 0 Å². The van der Waals surface area contributed by atoms with Gasteiger partial charge in [-0.1, -0.05) is 11.8 Å². The number of rotatable bonds is 6. The molecule has 0 fully saturated rings. The monoisotopic (exact) mass is 370 g/mol. The van der Waals surface area contributed by atoms with Gasteiger partial charge in [0, 0.05) is 49.2 Å². The quantitative estimate of drug-likeness (QED) is 0.665. The molecule has 3 aromatic rings. The molecule has 2 aromatic heterocycles. The molecule has 5 nitrogen and oxygen atoms in total. The molecule has 0 saturated heterocycles. The number of nitrogens with one attached hydrogen (secondary N) is 1. The number of aromatic nitrogens is 3. The van der Waals surface area contributed by atoms with E-state index in [0.29, 0.717) is 6.61 Å². The topological polar surface area (TPSA) is 46.1 Å². The van der Waals surface area contributed by atoms with Crippen LogP contribution in [0.3, 0.4) is 0 Å². The molecule has 3 heterocycles. The Labute approximate surface area is 158 Å². The van der Waals surface area contributed by atoms with Crippen LogP contribution in [-0.2, 0) is 26.1 Å². The summed E-state index contributed by atoms with van der Waals surface area (Å²) >= 11 is 1.72. The normalized spacial score (nSPS) is 14.7. The van der Waals surface area contributed by atoms with E-state index < -0.39 is 0 Å². The van der Waals surface area contributed by atoms with Gasteiger partial charge in [-0.15, -0.1) is 0 Å². The lowest BCUT2D eigenvalue weighted by Crippen LogP contribution is -2.30. The molecule has 0 amide bonds. The van der Waals surface area contributed by atoms with Crippen molar-refractivity contribution >= 4 is 22.7 Å². The molecule has 1 N–H and O–H groups in total. The first kappa shape index (κ1) is 17.5. The van der Waals surface area contributed by atoms with Crippen LogP contribution in [-0.4, -0.2) is 38.8 Å².